The van der Waals surface area contributed by atoms with Crippen molar-refractivity contribution < 1.29 is 19.1 Å². The first kappa shape index (κ1) is 19.6. The van der Waals surface area contributed by atoms with E-state index in [9.17, 15) is 14.4 Å². The second-order valence-electron chi connectivity index (χ2n) is 7.14. The molecule has 2 aromatic carbocycles. The Morgan fingerprint density at radius 3 is 2.64 bits per heavy atom. The SMILES string of the molecule is Cc1ccc(CC(=O)OCC(=O)N2c3ccccc3NC(=O)C[C@H]2C)cc1C. The van der Waals surface area contributed by atoms with Crippen molar-refractivity contribution in [1.82, 2.24) is 0 Å². The van der Waals surface area contributed by atoms with Crippen LogP contribution in [0.25, 0.3) is 0 Å². The lowest BCUT2D eigenvalue weighted by atomic mass is 10.0. The lowest BCUT2D eigenvalue weighted by Crippen LogP contribution is -2.41. The summed E-state index contributed by atoms with van der Waals surface area (Å²) in [6, 6.07) is 12.6. The minimum Gasteiger partial charge on any atom is -0.455 e. The Morgan fingerprint density at radius 1 is 1.14 bits per heavy atom. The fourth-order valence-corrected chi connectivity index (χ4v) is 3.31. The number of para-hydroxylation sites is 2. The zero-order valence-corrected chi connectivity index (χ0v) is 16.3. The van der Waals surface area contributed by atoms with Crippen LogP contribution >= 0.6 is 0 Å². The number of benzene rings is 2. The first-order chi connectivity index (χ1) is 13.3. The van der Waals surface area contributed by atoms with Gasteiger partial charge in [-0.15, -0.1) is 0 Å². The van der Waals surface area contributed by atoms with Crippen LogP contribution < -0.4 is 10.2 Å². The maximum atomic E-state index is 12.8. The number of ether oxygens (including phenoxy) is 1. The fourth-order valence-electron chi connectivity index (χ4n) is 3.31. The molecule has 1 aliphatic heterocycles. The molecule has 0 spiro atoms. The number of carbonyl (C=O) groups is 3. The molecule has 0 saturated heterocycles. The molecular formula is C22H24N2O4. The Balaban J connectivity index is 1.67. The minimum absolute atomic E-state index is 0.112. The average molecular weight is 380 g/mol. The van der Waals surface area contributed by atoms with E-state index < -0.39 is 5.97 Å². The monoisotopic (exact) mass is 380 g/mol. The van der Waals surface area contributed by atoms with Gasteiger partial charge in [-0.05, 0) is 49.6 Å². The quantitative estimate of drug-likeness (QED) is 0.827. The van der Waals surface area contributed by atoms with Crippen LogP contribution in [0.15, 0.2) is 42.5 Å². The van der Waals surface area contributed by atoms with Gasteiger partial charge in [0.15, 0.2) is 6.61 Å². The van der Waals surface area contributed by atoms with Crippen molar-refractivity contribution in [3.05, 3.63) is 59.2 Å². The fraction of sp³-hybridized carbons (Fsp3) is 0.318. The molecule has 0 aliphatic carbocycles. The maximum Gasteiger partial charge on any atom is 0.310 e. The predicted molar refractivity (Wildman–Crippen MR) is 107 cm³/mol. The van der Waals surface area contributed by atoms with Gasteiger partial charge < -0.3 is 15.0 Å². The van der Waals surface area contributed by atoms with E-state index in [1.807, 2.05) is 32.0 Å². The predicted octanol–water partition coefficient (Wildman–Crippen LogP) is 3.15. The smallest absolute Gasteiger partial charge is 0.310 e. The first-order valence-corrected chi connectivity index (χ1v) is 9.28. The molecule has 1 heterocycles. The summed E-state index contributed by atoms with van der Waals surface area (Å²) < 4.78 is 5.23. The highest BCUT2D eigenvalue weighted by Crippen LogP contribution is 2.31. The van der Waals surface area contributed by atoms with Gasteiger partial charge in [-0.2, -0.15) is 0 Å². The second kappa shape index (κ2) is 8.25. The van der Waals surface area contributed by atoms with Gasteiger partial charge >= 0.3 is 5.97 Å². The third kappa shape index (κ3) is 4.39. The molecule has 146 valence electrons. The first-order valence-electron chi connectivity index (χ1n) is 9.28. The Hall–Kier alpha value is -3.15. The number of nitrogens with zero attached hydrogens (tertiary/aromatic N) is 1. The van der Waals surface area contributed by atoms with Gasteiger partial charge in [-0.1, -0.05) is 30.3 Å². The van der Waals surface area contributed by atoms with E-state index >= 15 is 0 Å². The second-order valence-corrected chi connectivity index (χ2v) is 7.14. The Kier molecular flexibility index (Phi) is 5.78. The van der Waals surface area contributed by atoms with Crippen molar-refractivity contribution in [2.45, 2.75) is 39.7 Å². The largest absolute Gasteiger partial charge is 0.455 e. The molecule has 0 radical (unpaired) electrons. The molecule has 2 aromatic rings. The molecule has 6 nitrogen and oxygen atoms in total. The number of aryl methyl sites for hydroxylation is 2. The van der Waals surface area contributed by atoms with Gasteiger partial charge in [0, 0.05) is 12.5 Å². The summed E-state index contributed by atoms with van der Waals surface area (Å²) >= 11 is 0. The van der Waals surface area contributed by atoms with E-state index in [0.717, 1.165) is 16.7 Å². The highest BCUT2D eigenvalue weighted by molar-refractivity contribution is 6.05. The number of hydrogen-bond acceptors (Lipinski definition) is 4. The van der Waals surface area contributed by atoms with Gasteiger partial charge in [0.2, 0.25) is 5.91 Å². The van der Waals surface area contributed by atoms with E-state index in [1.54, 1.807) is 31.2 Å². The molecule has 1 N–H and O–H groups in total. The molecule has 1 atom stereocenters. The minimum atomic E-state index is -0.457. The number of anilines is 2. The van der Waals surface area contributed by atoms with Gasteiger partial charge in [0.05, 0.1) is 17.8 Å². The lowest BCUT2D eigenvalue weighted by Gasteiger charge is -2.27. The standard InChI is InChI=1S/C22H24N2O4/c1-14-8-9-17(10-15(14)2)12-22(27)28-13-21(26)24-16(3)11-20(25)23-18-6-4-5-7-19(18)24/h4-10,16H,11-13H2,1-3H3,(H,23,25)/t16-/m1/s1. The van der Waals surface area contributed by atoms with E-state index in [0.29, 0.717) is 11.4 Å². The summed E-state index contributed by atoms with van der Waals surface area (Å²) in [5, 5.41) is 2.80. The third-order valence-electron chi connectivity index (χ3n) is 4.90. The van der Waals surface area contributed by atoms with Crippen LogP contribution in [0.2, 0.25) is 0 Å². The molecule has 0 fully saturated rings. The summed E-state index contributed by atoms with van der Waals surface area (Å²) in [5.41, 5.74) is 4.30. The topological polar surface area (TPSA) is 75.7 Å². The maximum absolute atomic E-state index is 12.8. The van der Waals surface area contributed by atoms with Crippen LogP contribution in [0.3, 0.4) is 0 Å². The van der Waals surface area contributed by atoms with Crippen LogP contribution in [-0.4, -0.2) is 30.4 Å². The van der Waals surface area contributed by atoms with E-state index in [4.69, 9.17) is 4.74 Å². The Labute approximate surface area is 164 Å². The van der Waals surface area contributed by atoms with E-state index in [1.165, 1.54) is 4.90 Å². The lowest BCUT2D eigenvalue weighted by molar-refractivity contribution is -0.147. The summed E-state index contributed by atoms with van der Waals surface area (Å²) in [6.07, 6.45) is 0.289. The Morgan fingerprint density at radius 2 is 1.89 bits per heavy atom. The van der Waals surface area contributed by atoms with Crippen LogP contribution in [0, 0.1) is 13.8 Å². The molecule has 3 rings (SSSR count). The third-order valence-corrected chi connectivity index (χ3v) is 4.90. The van der Waals surface area contributed by atoms with Crippen LogP contribution in [0.1, 0.15) is 30.0 Å². The number of hydrogen-bond donors (Lipinski definition) is 1. The number of esters is 1. The Bertz CT molecular complexity index is 923. The van der Waals surface area contributed by atoms with Crippen molar-refractivity contribution in [2.24, 2.45) is 0 Å². The van der Waals surface area contributed by atoms with Crippen molar-refractivity contribution >= 4 is 29.2 Å². The molecule has 0 bridgehead atoms. The molecule has 1 aliphatic rings. The highest BCUT2D eigenvalue weighted by Gasteiger charge is 2.30. The van der Waals surface area contributed by atoms with Crippen LogP contribution in [0.5, 0.6) is 0 Å². The summed E-state index contributed by atoms with van der Waals surface area (Å²) in [4.78, 5) is 38.5. The number of nitrogens with one attached hydrogen (secondary N) is 1. The van der Waals surface area contributed by atoms with E-state index in [-0.39, 0.29) is 37.3 Å². The van der Waals surface area contributed by atoms with Crippen LogP contribution in [0.4, 0.5) is 11.4 Å². The van der Waals surface area contributed by atoms with Crippen molar-refractivity contribution in [3.63, 3.8) is 0 Å². The molecule has 6 heteroatoms. The van der Waals surface area contributed by atoms with Gasteiger partial charge in [0.25, 0.3) is 5.91 Å². The van der Waals surface area contributed by atoms with Gasteiger partial charge in [-0.3, -0.25) is 14.4 Å². The number of amides is 2. The van der Waals surface area contributed by atoms with Gasteiger partial charge in [0.1, 0.15) is 0 Å². The van der Waals surface area contributed by atoms with Crippen molar-refractivity contribution in [3.8, 4) is 0 Å². The molecule has 2 amide bonds. The zero-order valence-electron chi connectivity index (χ0n) is 16.3. The number of rotatable bonds is 4. The van der Waals surface area contributed by atoms with Crippen LogP contribution in [-0.2, 0) is 25.5 Å². The zero-order chi connectivity index (χ0) is 20.3. The van der Waals surface area contributed by atoms with E-state index in [2.05, 4.69) is 5.32 Å². The molecule has 0 unspecified atom stereocenters. The number of fused-ring (bicyclic) bond motifs is 1. The number of carbonyl (C=O) groups excluding carboxylic acids is 3. The highest BCUT2D eigenvalue weighted by atomic mass is 16.5. The normalized spacial score (nSPS) is 16.0. The molecular weight excluding hydrogens is 356 g/mol. The van der Waals surface area contributed by atoms with Gasteiger partial charge in [-0.25, -0.2) is 0 Å². The van der Waals surface area contributed by atoms with Crippen molar-refractivity contribution in [1.29, 1.82) is 0 Å². The van der Waals surface area contributed by atoms with Crippen molar-refractivity contribution in [2.75, 3.05) is 16.8 Å². The summed E-state index contributed by atoms with van der Waals surface area (Å²) in [6.45, 7) is 5.43. The summed E-state index contributed by atoms with van der Waals surface area (Å²) in [5.74, 6) is -0.964. The molecule has 28 heavy (non-hydrogen) atoms. The molecule has 0 saturated carbocycles. The molecule has 0 aromatic heterocycles. The average Bonchev–Trinajstić information content (AvgIpc) is 2.77. The summed E-state index contributed by atoms with van der Waals surface area (Å²) in [7, 11) is 0.